The summed E-state index contributed by atoms with van der Waals surface area (Å²) in [6.07, 6.45) is 5.23. The minimum Gasteiger partial charge on any atom is -0.493 e. The molecule has 0 radical (unpaired) electrons. The first-order valence-electron chi connectivity index (χ1n) is 6.70. The van der Waals surface area contributed by atoms with E-state index in [1.165, 1.54) is 0 Å². The second-order valence-electron chi connectivity index (χ2n) is 4.59. The molecule has 3 rings (SSSR count). The summed E-state index contributed by atoms with van der Waals surface area (Å²) in [6.45, 7) is 0.584. The summed E-state index contributed by atoms with van der Waals surface area (Å²) in [5, 5.41) is 1.04. The number of hydrogen-bond acceptors (Lipinski definition) is 6. The Balaban J connectivity index is 1.74. The summed E-state index contributed by atoms with van der Waals surface area (Å²) in [5.74, 6) is 1.44. The molecule has 22 heavy (non-hydrogen) atoms. The van der Waals surface area contributed by atoms with E-state index in [0.717, 1.165) is 26.4 Å². The van der Waals surface area contributed by atoms with Crippen LogP contribution in [-0.4, -0.2) is 30.4 Å². The van der Waals surface area contributed by atoms with Crippen LogP contribution in [0, 0.1) is 0 Å². The number of methoxy groups -OCH3 is 2. The molecule has 0 unspecified atom stereocenters. The highest BCUT2D eigenvalue weighted by Crippen LogP contribution is 2.28. The topological polar surface area (TPSA) is 56.6 Å². The fourth-order valence-electron chi connectivity index (χ4n) is 2.09. The zero-order chi connectivity index (χ0) is 15.4. The number of fused-ring (bicyclic) bond motifs is 1. The summed E-state index contributed by atoms with van der Waals surface area (Å²) in [6, 6.07) is 7.85. The molecule has 112 valence electrons. The monoisotopic (exact) mass is 313 g/mol. The zero-order valence-corrected chi connectivity index (χ0v) is 13.1. The normalized spacial score (nSPS) is 11.2. The Kier molecular flexibility index (Phi) is 4.29. The van der Waals surface area contributed by atoms with Gasteiger partial charge in [-0.25, -0.2) is 9.97 Å². The molecule has 0 spiro atoms. The van der Waals surface area contributed by atoms with Crippen LogP contribution in [0.4, 0.5) is 0 Å². The van der Waals surface area contributed by atoms with E-state index >= 15 is 0 Å². The van der Waals surface area contributed by atoms with E-state index < -0.39 is 0 Å². The molecular formula is C16H15N3O2S. The van der Waals surface area contributed by atoms with Gasteiger partial charge in [-0.2, -0.15) is 0 Å². The number of ether oxygens (including phenoxy) is 2. The van der Waals surface area contributed by atoms with Gasteiger partial charge in [0, 0.05) is 22.7 Å². The van der Waals surface area contributed by atoms with Gasteiger partial charge in [-0.15, -0.1) is 11.3 Å². The highest BCUT2D eigenvalue weighted by Gasteiger charge is 2.04. The van der Waals surface area contributed by atoms with Crippen LogP contribution in [0.1, 0.15) is 10.4 Å². The Bertz CT molecular complexity index is 781. The molecule has 0 amide bonds. The first kappa shape index (κ1) is 14.5. The SMILES string of the molecule is COc1ccc(C/N=C\c2cc3cncnc3s2)cc1OC. The maximum atomic E-state index is 5.29. The minimum atomic E-state index is 0.584. The Morgan fingerprint density at radius 3 is 2.82 bits per heavy atom. The third-order valence-electron chi connectivity index (χ3n) is 3.15. The second kappa shape index (κ2) is 6.53. The summed E-state index contributed by atoms with van der Waals surface area (Å²) in [5.41, 5.74) is 1.06. The summed E-state index contributed by atoms with van der Waals surface area (Å²) in [4.78, 5) is 14.8. The van der Waals surface area contributed by atoms with Crippen LogP contribution in [0.25, 0.3) is 10.2 Å². The molecule has 0 N–H and O–H groups in total. The van der Waals surface area contributed by atoms with Crippen molar-refractivity contribution in [2.24, 2.45) is 4.99 Å². The third kappa shape index (κ3) is 3.07. The quantitative estimate of drug-likeness (QED) is 0.678. The predicted octanol–water partition coefficient (Wildman–Crippen LogP) is 3.33. The lowest BCUT2D eigenvalue weighted by molar-refractivity contribution is 0.354. The summed E-state index contributed by atoms with van der Waals surface area (Å²) >= 11 is 1.60. The van der Waals surface area contributed by atoms with Gasteiger partial charge in [0.25, 0.3) is 0 Å². The molecular weight excluding hydrogens is 298 g/mol. The molecule has 0 aliphatic heterocycles. The van der Waals surface area contributed by atoms with E-state index in [9.17, 15) is 0 Å². The van der Waals surface area contributed by atoms with Crippen molar-refractivity contribution in [3.63, 3.8) is 0 Å². The van der Waals surface area contributed by atoms with Gasteiger partial charge in [-0.1, -0.05) is 6.07 Å². The van der Waals surface area contributed by atoms with Gasteiger partial charge in [-0.3, -0.25) is 4.99 Å². The lowest BCUT2D eigenvalue weighted by atomic mass is 10.2. The van der Waals surface area contributed by atoms with Crippen molar-refractivity contribution < 1.29 is 9.47 Å². The zero-order valence-electron chi connectivity index (χ0n) is 12.3. The van der Waals surface area contributed by atoms with Crippen molar-refractivity contribution in [1.82, 2.24) is 9.97 Å². The molecule has 6 heteroatoms. The number of thiophene rings is 1. The van der Waals surface area contributed by atoms with Crippen molar-refractivity contribution in [2.75, 3.05) is 14.2 Å². The fourth-order valence-corrected chi connectivity index (χ4v) is 2.96. The summed E-state index contributed by atoms with van der Waals surface area (Å²) < 4.78 is 10.5. The maximum Gasteiger partial charge on any atom is 0.161 e. The van der Waals surface area contributed by atoms with Crippen LogP contribution >= 0.6 is 11.3 Å². The number of hydrogen-bond donors (Lipinski definition) is 0. The van der Waals surface area contributed by atoms with E-state index in [1.807, 2.05) is 36.7 Å². The van der Waals surface area contributed by atoms with E-state index in [0.29, 0.717) is 12.3 Å². The molecule has 2 heterocycles. The molecule has 2 aromatic heterocycles. The maximum absolute atomic E-state index is 5.29. The van der Waals surface area contributed by atoms with Crippen LogP contribution in [0.2, 0.25) is 0 Å². The molecule has 0 atom stereocenters. The Hall–Kier alpha value is -2.47. The molecule has 0 aliphatic carbocycles. The largest absolute Gasteiger partial charge is 0.493 e. The van der Waals surface area contributed by atoms with Crippen molar-refractivity contribution in [2.45, 2.75) is 6.54 Å². The highest BCUT2D eigenvalue weighted by atomic mass is 32.1. The highest BCUT2D eigenvalue weighted by molar-refractivity contribution is 7.20. The number of aromatic nitrogens is 2. The number of benzene rings is 1. The number of rotatable bonds is 5. The molecule has 0 fully saturated rings. The lowest BCUT2D eigenvalue weighted by Crippen LogP contribution is -1.92. The molecule has 0 aliphatic rings. The van der Waals surface area contributed by atoms with Gasteiger partial charge >= 0.3 is 0 Å². The number of aliphatic imine (C=N–C) groups is 1. The molecule has 0 bridgehead atoms. The standard InChI is InChI=1S/C16H15N3O2S/c1-20-14-4-3-11(5-15(14)21-2)7-17-9-13-6-12-8-18-10-19-16(12)22-13/h3-6,8-10H,7H2,1-2H3/b17-9-. The number of nitrogens with zero attached hydrogens (tertiary/aromatic N) is 3. The van der Waals surface area contributed by atoms with Crippen molar-refractivity contribution in [3.05, 3.63) is 47.2 Å². The van der Waals surface area contributed by atoms with Crippen molar-refractivity contribution in [1.29, 1.82) is 0 Å². The van der Waals surface area contributed by atoms with E-state index in [4.69, 9.17) is 9.47 Å². The lowest BCUT2D eigenvalue weighted by Gasteiger charge is -2.08. The molecule has 5 nitrogen and oxygen atoms in total. The second-order valence-corrected chi connectivity index (χ2v) is 5.65. The van der Waals surface area contributed by atoms with Gasteiger partial charge in [-0.05, 0) is 23.8 Å². The van der Waals surface area contributed by atoms with Gasteiger partial charge in [0.05, 0.1) is 20.8 Å². The third-order valence-corrected chi connectivity index (χ3v) is 4.15. The van der Waals surface area contributed by atoms with Gasteiger partial charge in [0.2, 0.25) is 0 Å². The van der Waals surface area contributed by atoms with E-state index in [2.05, 4.69) is 15.0 Å². The minimum absolute atomic E-state index is 0.584. The average molecular weight is 313 g/mol. The molecule has 3 aromatic rings. The van der Waals surface area contributed by atoms with Crippen LogP contribution in [-0.2, 0) is 6.54 Å². The van der Waals surface area contributed by atoms with Crippen LogP contribution in [0.3, 0.4) is 0 Å². The molecule has 0 saturated heterocycles. The predicted molar refractivity (Wildman–Crippen MR) is 88.3 cm³/mol. The van der Waals surface area contributed by atoms with Crippen LogP contribution in [0.15, 0.2) is 41.8 Å². The van der Waals surface area contributed by atoms with Gasteiger partial charge < -0.3 is 9.47 Å². The van der Waals surface area contributed by atoms with Gasteiger partial charge in [0.15, 0.2) is 11.5 Å². The Labute approximate surface area is 132 Å². The fraction of sp³-hybridized carbons (Fsp3) is 0.188. The Morgan fingerprint density at radius 2 is 2.05 bits per heavy atom. The first-order valence-corrected chi connectivity index (χ1v) is 7.52. The van der Waals surface area contributed by atoms with Crippen molar-refractivity contribution >= 4 is 27.8 Å². The first-order chi connectivity index (χ1) is 10.8. The van der Waals surface area contributed by atoms with Crippen molar-refractivity contribution in [3.8, 4) is 11.5 Å². The Morgan fingerprint density at radius 1 is 1.18 bits per heavy atom. The molecule has 1 aromatic carbocycles. The average Bonchev–Trinajstić information content (AvgIpc) is 2.97. The van der Waals surface area contributed by atoms with E-state index in [1.54, 1.807) is 31.9 Å². The van der Waals surface area contributed by atoms with Gasteiger partial charge in [0.1, 0.15) is 11.2 Å². The van der Waals surface area contributed by atoms with Crippen LogP contribution in [0.5, 0.6) is 11.5 Å². The van der Waals surface area contributed by atoms with E-state index in [-0.39, 0.29) is 0 Å². The smallest absolute Gasteiger partial charge is 0.161 e. The van der Waals surface area contributed by atoms with Crippen LogP contribution < -0.4 is 9.47 Å². The summed E-state index contributed by atoms with van der Waals surface area (Å²) in [7, 11) is 3.25. The molecule has 0 saturated carbocycles.